The van der Waals surface area contributed by atoms with Crippen molar-refractivity contribution in [2.75, 3.05) is 0 Å². The van der Waals surface area contributed by atoms with Crippen LogP contribution in [0.5, 0.6) is 0 Å². The summed E-state index contributed by atoms with van der Waals surface area (Å²) < 4.78 is 0. The van der Waals surface area contributed by atoms with Gasteiger partial charge in [-0.1, -0.05) is 79.8 Å². The van der Waals surface area contributed by atoms with Crippen LogP contribution in [-0.2, 0) is 4.79 Å². The smallest absolute Gasteiger partial charge is 0.303 e. The first-order chi connectivity index (χ1) is 11.8. The zero-order valence-electron chi connectivity index (χ0n) is 14.9. The Labute approximate surface area is 147 Å². The van der Waals surface area contributed by atoms with Crippen LogP contribution in [-0.4, -0.2) is 11.1 Å². The van der Waals surface area contributed by atoms with Crippen LogP contribution in [0, 0.1) is 0 Å². The fraction of sp³-hybridized carbons (Fsp3) is 0.409. The summed E-state index contributed by atoms with van der Waals surface area (Å²) in [6.07, 6.45) is 32.5. The van der Waals surface area contributed by atoms with E-state index in [4.69, 9.17) is 5.11 Å². The van der Waals surface area contributed by atoms with E-state index < -0.39 is 5.97 Å². The highest BCUT2D eigenvalue weighted by atomic mass is 16.4. The Morgan fingerprint density at radius 1 is 0.625 bits per heavy atom. The molecule has 0 amide bonds. The summed E-state index contributed by atoms with van der Waals surface area (Å²) in [4.78, 5) is 10.3. The highest BCUT2D eigenvalue weighted by Gasteiger charge is 1.90. The Hall–Kier alpha value is -2.09. The number of carboxylic acid groups (broad SMARTS) is 1. The molecular formula is C22H32O2. The Balaban J connectivity index is 3.51. The van der Waals surface area contributed by atoms with Crippen molar-refractivity contribution in [1.82, 2.24) is 0 Å². The van der Waals surface area contributed by atoms with Gasteiger partial charge in [-0.25, -0.2) is 0 Å². The van der Waals surface area contributed by atoms with Crippen molar-refractivity contribution in [2.24, 2.45) is 0 Å². The lowest BCUT2D eigenvalue weighted by Gasteiger charge is -1.87. The SMILES string of the molecule is CC/C=C/C/C=C\C/C=C\C/C=C\C/C=C/C/C=C\CCC(=O)O. The molecule has 0 aliphatic rings. The third-order valence-corrected chi connectivity index (χ3v) is 3.12. The van der Waals surface area contributed by atoms with Crippen LogP contribution in [0.1, 0.15) is 58.3 Å². The van der Waals surface area contributed by atoms with Crippen molar-refractivity contribution in [1.29, 1.82) is 0 Å². The minimum atomic E-state index is -0.741. The zero-order chi connectivity index (χ0) is 17.7. The van der Waals surface area contributed by atoms with Crippen molar-refractivity contribution in [3.8, 4) is 0 Å². The third kappa shape index (κ3) is 19.9. The van der Waals surface area contributed by atoms with E-state index in [1.54, 1.807) is 0 Å². The topological polar surface area (TPSA) is 37.3 Å². The Kier molecular flexibility index (Phi) is 17.3. The number of carboxylic acids is 1. The Morgan fingerprint density at radius 2 is 0.958 bits per heavy atom. The number of carbonyl (C=O) groups is 1. The molecule has 0 aromatic rings. The molecule has 0 saturated carbocycles. The lowest BCUT2D eigenvalue weighted by molar-refractivity contribution is -0.136. The van der Waals surface area contributed by atoms with Gasteiger partial charge in [-0.2, -0.15) is 0 Å². The van der Waals surface area contributed by atoms with Gasteiger partial charge in [-0.15, -0.1) is 0 Å². The van der Waals surface area contributed by atoms with Crippen molar-refractivity contribution in [2.45, 2.75) is 58.3 Å². The molecule has 0 aliphatic heterocycles. The van der Waals surface area contributed by atoms with Gasteiger partial charge in [0.1, 0.15) is 0 Å². The number of rotatable bonds is 14. The van der Waals surface area contributed by atoms with E-state index in [1.165, 1.54) is 0 Å². The van der Waals surface area contributed by atoms with Gasteiger partial charge in [-0.05, 0) is 44.9 Å². The van der Waals surface area contributed by atoms with Crippen LogP contribution < -0.4 is 0 Å². The van der Waals surface area contributed by atoms with Gasteiger partial charge in [0.15, 0.2) is 0 Å². The van der Waals surface area contributed by atoms with Gasteiger partial charge < -0.3 is 5.11 Å². The number of allylic oxidation sites excluding steroid dienone is 12. The summed E-state index contributed by atoms with van der Waals surface area (Å²) in [5.41, 5.74) is 0. The number of hydrogen-bond acceptors (Lipinski definition) is 1. The maximum atomic E-state index is 10.3. The van der Waals surface area contributed by atoms with Crippen molar-refractivity contribution >= 4 is 5.97 Å². The summed E-state index contributed by atoms with van der Waals surface area (Å²) in [5, 5.41) is 8.49. The minimum Gasteiger partial charge on any atom is -0.481 e. The van der Waals surface area contributed by atoms with Gasteiger partial charge in [-0.3, -0.25) is 4.79 Å². The van der Waals surface area contributed by atoms with Gasteiger partial charge in [0.25, 0.3) is 0 Å². The molecule has 2 heteroatoms. The molecule has 132 valence electrons. The second-order valence-electron chi connectivity index (χ2n) is 5.35. The van der Waals surface area contributed by atoms with Gasteiger partial charge >= 0.3 is 5.97 Å². The van der Waals surface area contributed by atoms with Crippen LogP contribution in [0.4, 0.5) is 0 Å². The molecular weight excluding hydrogens is 296 g/mol. The standard InChI is InChI=1S/C22H32O2/c1-2-3-4-5-6-7-8-9-10-11-12-13-14-15-16-17-18-19-20-21-22(23)24/h3-4,6-7,9-10,12-13,15-16,18-19H,2,5,8,11,14,17,20-21H2,1H3,(H,23,24)/b4-3+,7-6-,10-9-,13-12-,16-15+,19-18-. The first kappa shape index (κ1) is 21.9. The largest absolute Gasteiger partial charge is 0.481 e. The van der Waals surface area contributed by atoms with Crippen molar-refractivity contribution in [3.05, 3.63) is 72.9 Å². The van der Waals surface area contributed by atoms with Crippen LogP contribution in [0.2, 0.25) is 0 Å². The lowest BCUT2D eigenvalue weighted by atomic mass is 10.2. The van der Waals surface area contributed by atoms with E-state index in [9.17, 15) is 4.79 Å². The molecule has 0 bridgehead atoms. The van der Waals surface area contributed by atoms with E-state index in [0.717, 1.165) is 38.5 Å². The van der Waals surface area contributed by atoms with Crippen LogP contribution >= 0.6 is 0 Å². The Bertz CT molecular complexity index is 462. The second-order valence-corrected chi connectivity index (χ2v) is 5.35. The van der Waals surface area contributed by atoms with E-state index in [0.29, 0.717) is 6.42 Å². The average Bonchev–Trinajstić information content (AvgIpc) is 2.56. The molecule has 2 nitrogen and oxygen atoms in total. The molecule has 0 atom stereocenters. The van der Waals surface area contributed by atoms with Gasteiger partial charge in [0.05, 0.1) is 0 Å². The molecule has 0 saturated heterocycles. The first-order valence-electron chi connectivity index (χ1n) is 8.89. The van der Waals surface area contributed by atoms with Crippen LogP contribution in [0.15, 0.2) is 72.9 Å². The molecule has 0 aliphatic carbocycles. The number of aliphatic carboxylic acids is 1. The molecule has 1 N–H and O–H groups in total. The van der Waals surface area contributed by atoms with Gasteiger partial charge in [0.2, 0.25) is 0 Å². The normalized spacial score (nSPS) is 13.0. The molecule has 0 aromatic heterocycles. The summed E-state index contributed by atoms with van der Waals surface area (Å²) in [7, 11) is 0. The quantitative estimate of drug-likeness (QED) is 0.367. The summed E-state index contributed by atoms with van der Waals surface area (Å²) in [6, 6.07) is 0. The molecule has 0 fully saturated rings. The molecule has 0 heterocycles. The van der Waals surface area contributed by atoms with E-state index in [2.05, 4.69) is 67.7 Å². The van der Waals surface area contributed by atoms with Gasteiger partial charge in [0, 0.05) is 6.42 Å². The number of hydrogen-bond donors (Lipinski definition) is 1. The summed E-state index contributed by atoms with van der Waals surface area (Å²) >= 11 is 0. The predicted molar refractivity (Wildman–Crippen MR) is 105 cm³/mol. The van der Waals surface area contributed by atoms with Crippen LogP contribution in [0.25, 0.3) is 0 Å². The summed E-state index contributed by atoms with van der Waals surface area (Å²) in [5.74, 6) is -0.741. The molecule has 0 rings (SSSR count). The van der Waals surface area contributed by atoms with E-state index in [1.807, 2.05) is 12.2 Å². The lowest BCUT2D eigenvalue weighted by Crippen LogP contribution is -1.91. The summed E-state index contributed by atoms with van der Waals surface area (Å²) in [6.45, 7) is 2.15. The monoisotopic (exact) mass is 328 g/mol. The molecule has 0 radical (unpaired) electrons. The predicted octanol–water partition coefficient (Wildman–Crippen LogP) is 6.55. The third-order valence-electron chi connectivity index (χ3n) is 3.12. The average molecular weight is 328 g/mol. The van der Waals surface area contributed by atoms with Crippen molar-refractivity contribution < 1.29 is 9.90 Å². The highest BCUT2D eigenvalue weighted by Crippen LogP contribution is 1.97. The fourth-order valence-electron chi connectivity index (χ4n) is 1.85. The Morgan fingerprint density at radius 3 is 1.29 bits per heavy atom. The fourth-order valence-corrected chi connectivity index (χ4v) is 1.85. The van der Waals surface area contributed by atoms with E-state index in [-0.39, 0.29) is 6.42 Å². The molecule has 0 spiro atoms. The second kappa shape index (κ2) is 19.0. The zero-order valence-corrected chi connectivity index (χ0v) is 14.9. The minimum absolute atomic E-state index is 0.210. The van der Waals surface area contributed by atoms with Crippen molar-refractivity contribution in [3.63, 3.8) is 0 Å². The van der Waals surface area contributed by atoms with Crippen LogP contribution in [0.3, 0.4) is 0 Å². The first-order valence-corrected chi connectivity index (χ1v) is 8.89. The maximum absolute atomic E-state index is 10.3. The maximum Gasteiger partial charge on any atom is 0.303 e. The molecule has 0 aromatic carbocycles. The molecule has 0 unspecified atom stereocenters. The van der Waals surface area contributed by atoms with E-state index >= 15 is 0 Å². The highest BCUT2D eigenvalue weighted by molar-refractivity contribution is 5.66. The molecule has 24 heavy (non-hydrogen) atoms.